The molecule has 6 rings (SSSR count). The fourth-order valence-corrected chi connectivity index (χ4v) is 9.71. The maximum absolute atomic E-state index is 2.31. The van der Waals surface area contributed by atoms with Crippen molar-refractivity contribution in [2.24, 2.45) is 0 Å². The fourth-order valence-electron chi connectivity index (χ4n) is 5.86. The van der Waals surface area contributed by atoms with Crippen molar-refractivity contribution in [1.29, 1.82) is 0 Å². The van der Waals surface area contributed by atoms with Gasteiger partial charge >= 0.3 is 99.8 Å². The van der Waals surface area contributed by atoms with Crippen LogP contribution in [0.1, 0.15) is 74.9 Å². The van der Waals surface area contributed by atoms with Gasteiger partial charge in [-0.1, -0.05) is 92.5 Å². The van der Waals surface area contributed by atoms with E-state index in [1.807, 2.05) is 0 Å². The van der Waals surface area contributed by atoms with Crippen LogP contribution in [0.4, 0.5) is 0 Å². The quantitative estimate of drug-likeness (QED) is 0.184. The third-order valence-electron chi connectivity index (χ3n) is 8.24. The van der Waals surface area contributed by atoms with Gasteiger partial charge in [-0.15, -0.1) is 68.1 Å². The summed E-state index contributed by atoms with van der Waals surface area (Å²) in [5.41, 5.74) is 8.41. The molecule has 0 bridgehead atoms. The van der Waals surface area contributed by atoms with E-state index in [0.717, 1.165) is 0 Å². The van der Waals surface area contributed by atoms with E-state index >= 15 is 0 Å². The topological polar surface area (TPSA) is 0 Å². The normalized spacial score (nSPS) is 11.0. The summed E-state index contributed by atoms with van der Waals surface area (Å²) in [5.74, 6) is 0. The molecule has 0 atom stereocenters. The fraction of sp³-hybridized carbons (Fsp3) is 0.286. The van der Waals surface area contributed by atoms with Gasteiger partial charge in [-0.3, -0.25) is 0 Å². The van der Waals surface area contributed by atoms with Crippen molar-refractivity contribution in [3.63, 3.8) is 0 Å². The van der Waals surface area contributed by atoms with Gasteiger partial charge in [-0.25, -0.2) is 0 Å². The summed E-state index contributed by atoms with van der Waals surface area (Å²) in [6.45, 7) is 22.4. The van der Waals surface area contributed by atoms with Crippen LogP contribution in [0.3, 0.4) is 0 Å². The predicted octanol–water partition coefficient (Wildman–Crippen LogP) is 4.29. The van der Waals surface area contributed by atoms with Gasteiger partial charge in [0.1, 0.15) is 0 Å². The average Bonchev–Trinajstić information content (AvgIpc) is 3.56. The van der Waals surface area contributed by atoms with Crippen molar-refractivity contribution in [3.05, 3.63) is 143 Å². The van der Waals surface area contributed by atoms with Gasteiger partial charge in [0.15, 0.2) is 0 Å². The van der Waals surface area contributed by atoms with Crippen molar-refractivity contribution in [3.8, 4) is 0 Å². The number of hydrogen-bond acceptors (Lipinski definition) is 0. The van der Waals surface area contributed by atoms with E-state index in [4.69, 9.17) is 0 Å². The van der Waals surface area contributed by atoms with Gasteiger partial charge in [0.2, 0.25) is 0 Å². The molecule has 0 unspecified atom stereocenters. The molecule has 6 aromatic carbocycles. The summed E-state index contributed by atoms with van der Waals surface area (Å²) in [5, 5.41) is 8.73. The van der Waals surface area contributed by atoms with Crippen LogP contribution in [0.5, 0.6) is 0 Å². The number of aryl methyl sites for hydroxylation is 4. The average molecular weight is 743 g/mol. The van der Waals surface area contributed by atoms with Gasteiger partial charge in [-0.05, 0) is 10.8 Å². The maximum atomic E-state index is 2.31. The zero-order valence-corrected chi connectivity index (χ0v) is 34.1. The Morgan fingerprint density at radius 3 is 1.13 bits per heavy atom. The van der Waals surface area contributed by atoms with Crippen LogP contribution in [0.2, 0.25) is 0 Å². The molecule has 0 heterocycles. The van der Waals surface area contributed by atoms with Crippen LogP contribution >= 0.6 is 0 Å². The van der Waals surface area contributed by atoms with Crippen LogP contribution in [0.25, 0.3) is 21.5 Å². The molecule has 240 valence electrons. The molecular formula is C42H48Cl2SiZr-2. The van der Waals surface area contributed by atoms with Crippen LogP contribution in [0, 0.1) is 27.7 Å². The number of rotatable bonds is 2. The SMILES string of the molecule is Cc1cc2c(C(C)(C)C)ccc(C)c2[cH-]1.Cc1cc2c(C(C)(C)C)ccc(C)c2[cH-]1.[Cl-].[Cl-].[Zr+2]=[Si](c1ccccc1)c1ccccc1. The molecular weight excluding hydrogens is 695 g/mol. The first-order valence-corrected chi connectivity index (χ1v) is 20.9. The molecule has 0 amide bonds. The Hall–Kier alpha value is -2.22. The molecule has 0 aliphatic rings. The Bertz CT molecular complexity index is 1730. The monoisotopic (exact) mass is 740 g/mol. The van der Waals surface area contributed by atoms with Crippen LogP contribution in [-0.4, -0.2) is 5.43 Å². The molecule has 4 heteroatoms. The minimum absolute atomic E-state index is 0. The molecule has 0 aliphatic heterocycles. The van der Waals surface area contributed by atoms with E-state index in [9.17, 15) is 0 Å². The molecule has 0 nitrogen and oxygen atoms in total. The van der Waals surface area contributed by atoms with Gasteiger partial charge in [-0.2, -0.15) is 12.1 Å². The summed E-state index contributed by atoms with van der Waals surface area (Å²) in [6, 6.07) is 39.9. The first kappa shape index (κ1) is 40.0. The second-order valence-corrected chi connectivity index (χ2v) is 19.8. The van der Waals surface area contributed by atoms with Gasteiger partial charge < -0.3 is 24.8 Å². The number of hydrogen-bond donors (Lipinski definition) is 0. The molecule has 0 fully saturated rings. The summed E-state index contributed by atoms with van der Waals surface area (Å²) in [6.07, 6.45) is 0. The number of halogens is 2. The van der Waals surface area contributed by atoms with Gasteiger partial charge in [0.05, 0.1) is 0 Å². The summed E-state index contributed by atoms with van der Waals surface area (Å²) >= 11 is 1.64. The van der Waals surface area contributed by atoms with E-state index in [0.29, 0.717) is 0 Å². The van der Waals surface area contributed by atoms with Crippen molar-refractivity contribution in [1.82, 2.24) is 0 Å². The Kier molecular flexibility index (Phi) is 14.5. The van der Waals surface area contributed by atoms with Gasteiger partial charge in [0, 0.05) is 0 Å². The van der Waals surface area contributed by atoms with Crippen molar-refractivity contribution in [2.75, 3.05) is 0 Å². The van der Waals surface area contributed by atoms with Crippen molar-refractivity contribution >= 4 is 37.4 Å². The number of fused-ring (bicyclic) bond motifs is 2. The Morgan fingerprint density at radius 2 is 0.826 bits per heavy atom. The number of benzene rings is 4. The summed E-state index contributed by atoms with van der Waals surface area (Å²) in [7, 11) is 0. The zero-order chi connectivity index (χ0) is 32.2. The van der Waals surface area contributed by atoms with Crippen molar-refractivity contribution in [2.45, 2.75) is 80.1 Å². The minimum atomic E-state index is -0.455. The second kappa shape index (κ2) is 16.7. The molecule has 0 spiro atoms. The van der Waals surface area contributed by atoms with E-state index in [-0.39, 0.29) is 35.6 Å². The third kappa shape index (κ3) is 9.90. The molecule has 46 heavy (non-hydrogen) atoms. The van der Waals surface area contributed by atoms with Crippen LogP contribution in [-0.2, 0) is 34.2 Å². The zero-order valence-electron chi connectivity index (χ0n) is 29.1. The molecule has 0 N–H and O–H groups in total. The first-order valence-electron chi connectivity index (χ1n) is 15.7. The Balaban J connectivity index is 0.000000235. The van der Waals surface area contributed by atoms with E-state index < -0.39 is 5.43 Å². The van der Waals surface area contributed by atoms with Crippen LogP contribution in [0.15, 0.2) is 109 Å². The van der Waals surface area contributed by atoms with Crippen molar-refractivity contribution < 1.29 is 48.1 Å². The summed E-state index contributed by atoms with van der Waals surface area (Å²) in [4.78, 5) is 0. The summed E-state index contributed by atoms with van der Waals surface area (Å²) < 4.78 is 0. The molecule has 0 radical (unpaired) electrons. The van der Waals surface area contributed by atoms with Gasteiger partial charge in [0.25, 0.3) is 0 Å². The predicted molar refractivity (Wildman–Crippen MR) is 193 cm³/mol. The Morgan fingerprint density at radius 1 is 0.500 bits per heavy atom. The van der Waals surface area contributed by atoms with E-state index in [2.05, 4.69) is 178 Å². The first-order chi connectivity index (χ1) is 20.7. The van der Waals surface area contributed by atoms with Crippen LogP contribution < -0.4 is 35.2 Å². The molecule has 0 saturated heterocycles. The second-order valence-electron chi connectivity index (χ2n) is 14.2. The van der Waals surface area contributed by atoms with E-state index in [1.54, 1.807) is 23.3 Å². The molecule has 0 aliphatic carbocycles. The molecule has 0 aromatic heterocycles. The standard InChI is InChI=1S/2C15H19.C12H10Si.2ClH.Zr/c2*1-10-8-12-11(2)6-7-14(13(12)9-10)15(3,4)5;1-3-7-11(8-4-1)13-12-9-5-2-6-10-12;;;/h2*6-9H,1-5H3;1-10H;2*1H;/q2*-1;;;;+2/p-2. The molecule has 0 saturated carbocycles. The third-order valence-corrected chi connectivity index (χ3v) is 14.3. The Labute approximate surface area is 306 Å². The molecule has 6 aromatic rings. The van der Waals surface area contributed by atoms with E-state index in [1.165, 1.54) is 65.3 Å².